The number of nitrogens with zero attached hydrogens (tertiary/aromatic N) is 5. The second-order valence-corrected chi connectivity index (χ2v) is 9.49. The van der Waals surface area contributed by atoms with Gasteiger partial charge in [-0.25, -0.2) is 9.97 Å². The highest BCUT2D eigenvalue weighted by Crippen LogP contribution is 2.23. The number of aryl methyl sites for hydroxylation is 2. The number of hydrogen-bond donors (Lipinski definition) is 1. The van der Waals surface area contributed by atoms with E-state index in [0.29, 0.717) is 6.54 Å². The van der Waals surface area contributed by atoms with Crippen LogP contribution in [0.4, 0.5) is 5.82 Å². The SMILES string of the molecule is CCCc1cc(N2CCN(CCCCn3ccc(O)cc3=O)CC2)nc(C(C)(C)C)n1. The van der Waals surface area contributed by atoms with Crippen LogP contribution in [0.15, 0.2) is 29.2 Å². The first-order chi connectivity index (χ1) is 14.8. The normalized spacial score (nSPS) is 15.4. The molecule has 0 spiro atoms. The second kappa shape index (κ2) is 10.3. The number of unbranched alkanes of at least 4 members (excludes halogenated alkanes) is 1. The van der Waals surface area contributed by atoms with Gasteiger partial charge < -0.3 is 14.6 Å². The first-order valence-electron chi connectivity index (χ1n) is 11.5. The predicted molar refractivity (Wildman–Crippen MR) is 125 cm³/mol. The average Bonchev–Trinajstić information content (AvgIpc) is 2.72. The summed E-state index contributed by atoms with van der Waals surface area (Å²) in [5.41, 5.74) is 0.944. The van der Waals surface area contributed by atoms with Crippen molar-refractivity contribution in [2.45, 2.75) is 65.3 Å². The molecule has 0 unspecified atom stereocenters. The lowest BCUT2D eigenvalue weighted by molar-refractivity contribution is 0.250. The molecule has 0 saturated carbocycles. The van der Waals surface area contributed by atoms with Crippen molar-refractivity contribution in [3.8, 4) is 5.75 Å². The van der Waals surface area contributed by atoms with Crippen LogP contribution in [0.25, 0.3) is 0 Å². The van der Waals surface area contributed by atoms with Crippen LogP contribution in [-0.4, -0.2) is 57.3 Å². The molecule has 0 aromatic carbocycles. The Bertz CT molecular complexity index is 911. The number of anilines is 1. The lowest BCUT2D eigenvalue weighted by atomic mass is 9.95. The van der Waals surface area contributed by atoms with Crippen LogP contribution >= 0.6 is 0 Å². The quantitative estimate of drug-likeness (QED) is 0.652. The minimum Gasteiger partial charge on any atom is -0.508 e. The highest BCUT2D eigenvalue weighted by Gasteiger charge is 2.23. The molecule has 7 heteroatoms. The molecule has 1 aliphatic rings. The largest absolute Gasteiger partial charge is 0.508 e. The molecule has 31 heavy (non-hydrogen) atoms. The summed E-state index contributed by atoms with van der Waals surface area (Å²) in [6, 6.07) is 5.00. The molecule has 170 valence electrons. The minimum atomic E-state index is -0.143. The third-order valence-electron chi connectivity index (χ3n) is 5.74. The second-order valence-electron chi connectivity index (χ2n) is 9.49. The summed E-state index contributed by atoms with van der Waals surface area (Å²) < 4.78 is 1.66. The van der Waals surface area contributed by atoms with Gasteiger partial charge in [-0.05, 0) is 31.9 Å². The van der Waals surface area contributed by atoms with Crippen molar-refractivity contribution < 1.29 is 5.11 Å². The maximum absolute atomic E-state index is 11.8. The van der Waals surface area contributed by atoms with E-state index in [4.69, 9.17) is 9.97 Å². The van der Waals surface area contributed by atoms with Crippen molar-refractivity contribution in [2.24, 2.45) is 0 Å². The fourth-order valence-corrected chi connectivity index (χ4v) is 3.86. The van der Waals surface area contributed by atoms with E-state index < -0.39 is 0 Å². The topological polar surface area (TPSA) is 74.5 Å². The molecule has 2 aromatic rings. The van der Waals surface area contributed by atoms with Gasteiger partial charge in [-0.3, -0.25) is 9.69 Å². The van der Waals surface area contributed by atoms with E-state index in [0.717, 1.165) is 75.7 Å². The molecule has 7 nitrogen and oxygen atoms in total. The van der Waals surface area contributed by atoms with Crippen LogP contribution in [0.2, 0.25) is 0 Å². The van der Waals surface area contributed by atoms with Crippen LogP contribution in [0.3, 0.4) is 0 Å². The molecule has 1 N–H and O–H groups in total. The van der Waals surface area contributed by atoms with Crippen LogP contribution in [-0.2, 0) is 18.4 Å². The van der Waals surface area contributed by atoms with Crippen molar-refractivity contribution in [1.29, 1.82) is 0 Å². The molecule has 0 atom stereocenters. The zero-order valence-electron chi connectivity index (χ0n) is 19.5. The third kappa shape index (κ3) is 6.53. The minimum absolute atomic E-state index is 0.0271. The van der Waals surface area contributed by atoms with Crippen LogP contribution in [0.1, 0.15) is 58.5 Å². The van der Waals surface area contributed by atoms with E-state index in [-0.39, 0.29) is 16.7 Å². The zero-order valence-corrected chi connectivity index (χ0v) is 19.5. The molecule has 0 bridgehead atoms. The molecule has 1 fully saturated rings. The monoisotopic (exact) mass is 427 g/mol. The third-order valence-corrected chi connectivity index (χ3v) is 5.74. The van der Waals surface area contributed by atoms with Crippen molar-refractivity contribution in [3.05, 3.63) is 46.3 Å². The number of hydrogen-bond acceptors (Lipinski definition) is 6. The summed E-state index contributed by atoms with van der Waals surface area (Å²) in [6.45, 7) is 14.4. The Labute approximate surface area is 185 Å². The van der Waals surface area contributed by atoms with Gasteiger partial charge in [-0.2, -0.15) is 0 Å². The van der Waals surface area contributed by atoms with Crippen LogP contribution < -0.4 is 10.5 Å². The Morgan fingerprint density at radius 2 is 1.74 bits per heavy atom. The van der Waals surface area contributed by atoms with Crippen molar-refractivity contribution in [1.82, 2.24) is 19.4 Å². The van der Waals surface area contributed by atoms with Crippen molar-refractivity contribution >= 4 is 5.82 Å². The molecule has 0 amide bonds. The van der Waals surface area contributed by atoms with Gasteiger partial charge in [0.05, 0.1) is 0 Å². The smallest absolute Gasteiger partial charge is 0.254 e. The van der Waals surface area contributed by atoms with Gasteiger partial charge in [0.15, 0.2) is 0 Å². The van der Waals surface area contributed by atoms with E-state index in [2.05, 4.69) is 43.6 Å². The Morgan fingerprint density at radius 3 is 2.39 bits per heavy atom. The summed E-state index contributed by atoms with van der Waals surface area (Å²) in [6.07, 6.45) is 5.74. The van der Waals surface area contributed by atoms with Gasteiger partial charge >= 0.3 is 0 Å². The Morgan fingerprint density at radius 1 is 1.03 bits per heavy atom. The lowest BCUT2D eigenvalue weighted by Crippen LogP contribution is -2.47. The van der Waals surface area contributed by atoms with Crippen molar-refractivity contribution in [2.75, 3.05) is 37.6 Å². The van der Waals surface area contributed by atoms with Gasteiger partial charge in [0.1, 0.15) is 17.4 Å². The van der Waals surface area contributed by atoms with Crippen LogP contribution in [0.5, 0.6) is 5.75 Å². The molecular formula is C24H37N5O2. The van der Waals surface area contributed by atoms with E-state index >= 15 is 0 Å². The Kier molecular flexibility index (Phi) is 7.70. The number of pyridine rings is 1. The maximum atomic E-state index is 11.8. The number of rotatable bonds is 8. The first-order valence-corrected chi connectivity index (χ1v) is 11.5. The summed E-state index contributed by atoms with van der Waals surface area (Å²) in [7, 11) is 0. The Hall–Kier alpha value is -2.41. The summed E-state index contributed by atoms with van der Waals surface area (Å²) in [5, 5.41) is 9.35. The van der Waals surface area contributed by atoms with E-state index in [9.17, 15) is 9.90 Å². The highest BCUT2D eigenvalue weighted by molar-refractivity contribution is 5.41. The average molecular weight is 428 g/mol. The van der Waals surface area contributed by atoms with Gasteiger partial charge in [0.25, 0.3) is 5.56 Å². The fraction of sp³-hybridized carbons (Fsp3) is 0.625. The standard InChI is InChI=1S/C24H37N5O2/c1-5-8-19-17-21(26-23(25-19)24(2,3)4)28-15-13-27(14-16-28)10-6-7-11-29-12-9-20(30)18-22(29)31/h9,12,17-18,30H,5-8,10-11,13-16H2,1-4H3. The van der Waals surface area contributed by atoms with E-state index in [1.165, 1.54) is 6.07 Å². The summed E-state index contributed by atoms with van der Waals surface area (Å²) in [5.74, 6) is 2.02. The summed E-state index contributed by atoms with van der Waals surface area (Å²) >= 11 is 0. The molecule has 1 saturated heterocycles. The molecule has 2 aromatic heterocycles. The molecule has 3 heterocycles. The Balaban J connectivity index is 1.50. The predicted octanol–water partition coefficient (Wildman–Crippen LogP) is 3.20. The van der Waals surface area contributed by atoms with Crippen molar-refractivity contribution in [3.63, 3.8) is 0 Å². The first kappa shape index (κ1) is 23.3. The number of aromatic hydroxyl groups is 1. The molecule has 0 radical (unpaired) electrons. The summed E-state index contributed by atoms with van der Waals surface area (Å²) in [4.78, 5) is 26.4. The maximum Gasteiger partial charge on any atom is 0.254 e. The van der Waals surface area contributed by atoms with Gasteiger partial charge in [0, 0.05) is 62.2 Å². The number of piperazine rings is 1. The van der Waals surface area contributed by atoms with Gasteiger partial charge in [0.2, 0.25) is 0 Å². The van der Waals surface area contributed by atoms with Gasteiger partial charge in [-0.1, -0.05) is 34.1 Å². The lowest BCUT2D eigenvalue weighted by Gasteiger charge is -2.36. The molecular weight excluding hydrogens is 390 g/mol. The fourth-order valence-electron chi connectivity index (χ4n) is 3.86. The molecule has 0 aliphatic carbocycles. The highest BCUT2D eigenvalue weighted by atomic mass is 16.3. The zero-order chi connectivity index (χ0) is 22.4. The van der Waals surface area contributed by atoms with E-state index in [1.807, 2.05) is 0 Å². The van der Waals surface area contributed by atoms with Crippen LogP contribution in [0, 0.1) is 0 Å². The van der Waals surface area contributed by atoms with Gasteiger partial charge in [-0.15, -0.1) is 0 Å². The van der Waals surface area contributed by atoms with E-state index in [1.54, 1.807) is 16.8 Å². The molecule has 3 rings (SSSR count). The number of aromatic nitrogens is 3. The molecule has 1 aliphatic heterocycles.